The maximum Gasteiger partial charge on any atom is 0.125 e. The Morgan fingerprint density at radius 3 is 2.89 bits per heavy atom. The first-order chi connectivity index (χ1) is 13.6. The highest BCUT2D eigenvalue weighted by molar-refractivity contribution is 7.18. The maximum absolute atomic E-state index is 5.27. The van der Waals surface area contributed by atoms with Gasteiger partial charge in [0.25, 0.3) is 0 Å². The van der Waals surface area contributed by atoms with Gasteiger partial charge in [0.15, 0.2) is 0 Å². The van der Waals surface area contributed by atoms with E-state index in [-0.39, 0.29) is 0 Å². The molecule has 0 fully saturated rings. The van der Waals surface area contributed by atoms with E-state index in [0.29, 0.717) is 6.61 Å². The Bertz CT molecular complexity index is 1160. The molecule has 142 valence electrons. The zero-order chi connectivity index (χ0) is 19.7. The summed E-state index contributed by atoms with van der Waals surface area (Å²) in [6, 6.07) is 8.15. The lowest BCUT2D eigenvalue weighted by molar-refractivity contribution is 0.159. The van der Waals surface area contributed by atoms with Crippen LogP contribution in [0.5, 0.6) is 0 Å². The quantitative estimate of drug-likeness (QED) is 0.361. The average Bonchev–Trinajstić information content (AvgIpc) is 3.29. The predicted octanol–water partition coefficient (Wildman–Crippen LogP) is 4.83. The first-order valence-electron chi connectivity index (χ1n) is 9.09. The summed E-state index contributed by atoms with van der Waals surface area (Å²) in [6.07, 6.45) is 5.64. The Balaban J connectivity index is 1.87. The lowest BCUT2D eigenvalue weighted by Gasteiger charge is -2.08. The average molecular weight is 392 g/mol. The van der Waals surface area contributed by atoms with Crippen LogP contribution in [0.3, 0.4) is 0 Å². The normalized spacial score (nSPS) is 11.9. The number of thiazole rings is 1. The summed E-state index contributed by atoms with van der Waals surface area (Å²) in [5, 5.41) is 6.27. The molecule has 0 amide bonds. The third kappa shape index (κ3) is 3.29. The minimum absolute atomic E-state index is 0.524. The smallest absolute Gasteiger partial charge is 0.125 e. The molecule has 28 heavy (non-hydrogen) atoms. The molecule has 4 aromatic rings. The monoisotopic (exact) mass is 391 g/mol. The Morgan fingerprint density at radius 2 is 2.14 bits per heavy atom. The Morgan fingerprint density at radius 1 is 1.29 bits per heavy atom. The van der Waals surface area contributed by atoms with Crippen molar-refractivity contribution in [3.05, 3.63) is 54.2 Å². The van der Waals surface area contributed by atoms with Crippen LogP contribution in [0.1, 0.15) is 25.2 Å². The van der Waals surface area contributed by atoms with Gasteiger partial charge in [0.05, 0.1) is 21.8 Å². The molecule has 0 aliphatic rings. The topological polar surface area (TPSA) is 65.2 Å². The third-order valence-corrected chi connectivity index (χ3v) is 5.69. The first kappa shape index (κ1) is 18.3. The van der Waals surface area contributed by atoms with Gasteiger partial charge >= 0.3 is 0 Å². The van der Waals surface area contributed by atoms with Crippen LogP contribution in [0.25, 0.3) is 32.0 Å². The molecule has 4 rings (SSSR count). The second kappa shape index (κ2) is 7.52. The van der Waals surface area contributed by atoms with Crippen molar-refractivity contribution in [1.29, 1.82) is 0 Å². The van der Waals surface area contributed by atoms with Crippen molar-refractivity contribution >= 4 is 28.0 Å². The number of oxime groups is 1. The van der Waals surface area contributed by atoms with Crippen LogP contribution in [-0.4, -0.2) is 31.8 Å². The molecule has 7 heteroatoms. The fraction of sp³-hybridized carbons (Fsp3) is 0.238. The minimum atomic E-state index is 0.524. The number of aryl methyl sites for hydroxylation is 2. The SMILES string of the molecule is CCO/N=C(\C)c1nc(-c2sc(-c3cccnc3)nc2C)cc2ccn(C)c12. The van der Waals surface area contributed by atoms with E-state index in [2.05, 4.69) is 26.8 Å². The minimum Gasteiger partial charge on any atom is -0.396 e. The van der Waals surface area contributed by atoms with Crippen LogP contribution >= 0.6 is 11.3 Å². The Kier molecular flexibility index (Phi) is 4.92. The molecule has 0 N–H and O–H groups in total. The highest BCUT2D eigenvalue weighted by atomic mass is 32.1. The maximum atomic E-state index is 5.27. The van der Waals surface area contributed by atoms with Crippen LogP contribution in [0.4, 0.5) is 0 Å². The molecule has 0 aliphatic heterocycles. The fourth-order valence-electron chi connectivity index (χ4n) is 3.14. The highest BCUT2D eigenvalue weighted by Crippen LogP contribution is 2.35. The van der Waals surface area contributed by atoms with Gasteiger partial charge in [-0.05, 0) is 45.0 Å². The van der Waals surface area contributed by atoms with Gasteiger partial charge in [0, 0.05) is 36.6 Å². The van der Waals surface area contributed by atoms with E-state index in [9.17, 15) is 0 Å². The Labute approximate surface area is 167 Å². The van der Waals surface area contributed by atoms with Crippen LogP contribution < -0.4 is 0 Å². The van der Waals surface area contributed by atoms with Crippen molar-refractivity contribution in [2.45, 2.75) is 20.8 Å². The number of pyridine rings is 2. The summed E-state index contributed by atoms with van der Waals surface area (Å²) in [5.41, 5.74) is 5.48. The standard InChI is InChI=1S/C21H21N5OS/c1-5-27-25-13(2)18-19-15(8-10-26(19)4)11-17(24-18)20-14(3)23-21(28-20)16-7-6-9-22-12-16/h6-12H,5H2,1-4H3/b25-13+. The van der Waals surface area contributed by atoms with E-state index < -0.39 is 0 Å². The van der Waals surface area contributed by atoms with E-state index in [0.717, 1.165) is 49.1 Å². The predicted molar refractivity (Wildman–Crippen MR) is 114 cm³/mol. The molecular weight excluding hydrogens is 370 g/mol. The van der Waals surface area contributed by atoms with Gasteiger partial charge in [0.2, 0.25) is 0 Å². The lowest BCUT2D eigenvalue weighted by atomic mass is 10.1. The lowest BCUT2D eigenvalue weighted by Crippen LogP contribution is -2.05. The molecule has 0 bridgehead atoms. The van der Waals surface area contributed by atoms with Crippen LogP contribution in [-0.2, 0) is 11.9 Å². The van der Waals surface area contributed by atoms with E-state index in [1.54, 1.807) is 17.5 Å². The van der Waals surface area contributed by atoms with Crippen molar-refractivity contribution < 1.29 is 4.84 Å². The van der Waals surface area contributed by atoms with Crippen LogP contribution in [0.2, 0.25) is 0 Å². The molecule has 0 aromatic carbocycles. The van der Waals surface area contributed by atoms with E-state index in [4.69, 9.17) is 14.8 Å². The Hall–Kier alpha value is -3.06. The van der Waals surface area contributed by atoms with E-state index in [1.165, 1.54) is 0 Å². The number of nitrogens with zero attached hydrogens (tertiary/aromatic N) is 5. The van der Waals surface area contributed by atoms with Crippen molar-refractivity contribution in [3.8, 4) is 21.1 Å². The van der Waals surface area contributed by atoms with Crippen molar-refractivity contribution in [1.82, 2.24) is 19.5 Å². The summed E-state index contributed by atoms with van der Waals surface area (Å²) in [4.78, 5) is 20.2. The summed E-state index contributed by atoms with van der Waals surface area (Å²) >= 11 is 1.63. The van der Waals surface area contributed by atoms with Gasteiger partial charge in [-0.2, -0.15) is 0 Å². The van der Waals surface area contributed by atoms with Crippen LogP contribution in [0, 0.1) is 6.92 Å². The van der Waals surface area contributed by atoms with Crippen molar-refractivity contribution in [2.75, 3.05) is 6.61 Å². The molecule has 0 unspecified atom stereocenters. The number of fused-ring (bicyclic) bond motifs is 1. The molecule has 6 nitrogen and oxygen atoms in total. The number of aromatic nitrogens is 4. The van der Waals surface area contributed by atoms with Crippen molar-refractivity contribution in [3.63, 3.8) is 0 Å². The number of hydrogen-bond donors (Lipinski definition) is 0. The summed E-state index contributed by atoms with van der Waals surface area (Å²) in [6.45, 7) is 6.38. The van der Waals surface area contributed by atoms with Crippen molar-refractivity contribution in [2.24, 2.45) is 12.2 Å². The summed E-state index contributed by atoms with van der Waals surface area (Å²) in [7, 11) is 2.01. The molecule has 0 aliphatic carbocycles. The highest BCUT2D eigenvalue weighted by Gasteiger charge is 2.17. The second-order valence-electron chi connectivity index (χ2n) is 6.49. The third-order valence-electron chi connectivity index (χ3n) is 4.46. The summed E-state index contributed by atoms with van der Waals surface area (Å²) < 4.78 is 2.06. The summed E-state index contributed by atoms with van der Waals surface area (Å²) in [5.74, 6) is 0. The van der Waals surface area contributed by atoms with Gasteiger partial charge in [-0.15, -0.1) is 11.3 Å². The largest absolute Gasteiger partial charge is 0.396 e. The second-order valence-corrected chi connectivity index (χ2v) is 7.49. The van der Waals surface area contributed by atoms with Gasteiger partial charge in [-0.1, -0.05) is 5.16 Å². The van der Waals surface area contributed by atoms with Gasteiger partial charge in [0.1, 0.15) is 23.0 Å². The zero-order valence-corrected chi connectivity index (χ0v) is 17.1. The molecule has 0 atom stereocenters. The van der Waals surface area contributed by atoms with Crippen LogP contribution in [0.15, 0.2) is 48.0 Å². The molecular formula is C21H21N5OS. The molecule has 0 saturated heterocycles. The number of rotatable bonds is 5. The van der Waals surface area contributed by atoms with Gasteiger partial charge < -0.3 is 9.40 Å². The molecule has 0 radical (unpaired) electrons. The van der Waals surface area contributed by atoms with E-state index >= 15 is 0 Å². The molecule has 0 spiro atoms. The van der Waals surface area contributed by atoms with Gasteiger partial charge in [-0.25, -0.2) is 9.97 Å². The van der Waals surface area contributed by atoms with E-state index in [1.807, 2.05) is 52.3 Å². The fourth-order valence-corrected chi connectivity index (χ4v) is 4.16. The molecule has 0 saturated carbocycles. The zero-order valence-electron chi connectivity index (χ0n) is 16.3. The van der Waals surface area contributed by atoms with Gasteiger partial charge in [-0.3, -0.25) is 4.98 Å². The number of hydrogen-bond acceptors (Lipinski definition) is 6. The first-order valence-corrected chi connectivity index (χ1v) is 9.91. The molecule has 4 aromatic heterocycles. The molecule has 4 heterocycles.